The van der Waals surface area contributed by atoms with E-state index in [-0.39, 0.29) is 12.1 Å². The number of nitrogens with zero attached hydrogens (tertiary/aromatic N) is 1. The average Bonchev–Trinajstić information content (AvgIpc) is 2.60. The molecule has 0 unspecified atom stereocenters. The van der Waals surface area contributed by atoms with Crippen LogP contribution in [0.5, 0.6) is 0 Å². The largest absolute Gasteiger partial charge is 0.480 e. The van der Waals surface area contributed by atoms with Gasteiger partial charge in [0.2, 0.25) is 0 Å². The molecule has 6 heteroatoms. The van der Waals surface area contributed by atoms with Gasteiger partial charge in [0.25, 0.3) is 0 Å². The van der Waals surface area contributed by atoms with Gasteiger partial charge in [-0.2, -0.15) is 0 Å². The summed E-state index contributed by atoms with van der Waals surface area (Å²) in [5, 5.41) is 20.4. The summed E-state index contributed by atoms with van der Waals surface area (Å²) in [6.45, 7) is 0.407. The van der Waals surface area contributed by atoms with Gasteiger partial charge in [-0.3, -0.25) is 10.1 Å². The van der Waals surface area contributed by atoms with Crippen molar-refractivity contribution in [3.63, 3.8) is 0 Å². The fraction of sp³-hybridized carbons (Fsp3) is 0.714. The van der Waals surface area contributed by atoms with Crippen molar-refractivity contribution in [2.24, 2.45) is 0 Å². The molecule has 0 aromatic heterocycles. The Morgan fingerprint density at radius 3 is 2.54 bits per heavy atom. The number of aliphatic carboxylic acids is 1. The first-order valence-electron chi connectivity index (χ1n) is 4.08. The van der Waals surface area contributed by atoms with Gasteiger partial charge in [0.15, 0.2) is 0 Å². The van der Waals surface area contributed by atoms with Gasteiger partial charge in [-0.05, 0) is 6.42 Å². The highest BCUT2D eigenvalue weighted by atomic mass is 16.4. The van der Waals surface area contributed by atoms with Crippen LogP contribution in [-0.2, 0) is 4.79 Å². The molecule has 2 fully saturated rings. The molecule has 0 radical (unpaired) electrons. The fourth-order valence-electron chi connectivity index (χ4n) is 2.12. The minimum atomic E-state index is -1.03. The van der Waals surface area contributed by atoms with E-state index in [4.69, 9.17) is 10.2 Å². The number of hydrogen-bond acceptors (Lipinski definition) is 3. The number of carbonyl (C=O) groups is 2. The first-order valence-corrected chi connectivity index (χ1v) is 4.08. The van der Waals surface area contributed by atoms with Gasteiger partial charge in [-0.1, -0.05) is 0 Å². The molecule has 2 bridgehead atoms. The molecule has 13 heavy (non-hydrogen) atoms. The van der Waals surface area contributed by atoms with E-state index in [9.17, 15) is 9.59 Å². The normalized spacial score (nSPS) is 36.6. The first kappa shape index (κ1) is 8.31. The van der Waals surface area contributed by atoms with Crippen LogP contribution in [-0.4, -0.2) is 51.8 Å². The number of rotatable bonds is 1. The molecule has 0 spiro atoms. The summed E-state index contributed by atoms with van der Waals surface area (Å²) in [5.74, 6) is -0.974. The van der Waals surface area contributed by atoms with E-state index in [1.807, 2.05) is 0 Å². The number of likely N-dealkylation sites (tertiary alicyclic amines) is 1. The molecule has 3 N–H and O–H groups in total. The quantitative estimate of drug-likeness (QED) is 0.497. The van der Waals surface area contributed by atoms with Crippen LogP contribution in [0, 0.1) is 0 Å². The molecule has 0 aromatic rings. The lowest BCUT2D eigenvalue weighted by molar-refractivity contribution is -0.140. The summed E-state index contributed by atoms with van der Waals surface area (Å²) < 4.78 is 0. The molecular weight excluding hydrogens is 176 g/mol. The Labute approximate surface area is 74.1 Å². The Balaban J connectivity index is 2.15. The zero-order chi connectivity index (χ0) is 9.59. The van der Waals surface area contributed by atoms with Gasteiger partial charge in [-0.25, -0.2) is 4.79 Å². The van der Waals surface area contributed by atoms with E-state index in [0.717, 1.165) is 0 Å². The Morgan fingerprint density at radius 1 is 1.38 bits per heavy atom. The second-order valence-electron chi connectivity index (χ2n) is 3.42. The van der Waals surface area contributed by atoms with Crippen LogP contribution < -0.4 is 5.32 Å². The maximum Gasteiger partial charge on any atom is 0.407 e. The Bertz CT molecular complexity index is 243. The van der Waals surface area contributed by atoms with Crippen LogP contribution in [0.4, 0.5) is 4.79 Å². The Kier molecular flexibility index (Phi) is 1.66. The smallest absolute Gasteiger partial charge is 0.407 e. The second-order valence-corrected chi connectivity index (χ2v) is 3.42. The van der Waals surface area contributed by atoms with Crippen LogP contribution in [0.1, 0.15) is 6.42 Å². The topological polar surface area (TPSA) is 89.9 Å². The third kappa shape index (κ3) is 1.14. The van der Waals surface area contributed by atoms with Crippen LogP contribution in [0.25, 0.3) is 0 Å². The number of fused-ring (bicyclic) bond motifs is 2. The Hall–Kier alpha value is -1.30. The zero-order valence-electron chi connectivity index (χ0n) is 6.80. The second kappa shape index (κ2) is 2.59. The van der Waals surface area contributed by atoms with Crippen molar-refractivity contribution in [3.8, 4) is 0 Å². The van der Waals surface area contributed by atoms with Crippen LogP contribution >= 0.6 is 0 Å². The minimum Gasteiger partial charge on any atom is -0.480 e. The van der Waals surface area contributed by atoms with E-state index in [1.165, 1.54) is 4.90 Å². The fourth-order valence-corrected chi connectivity index (χ4v) is 2.12. The molecule has 2 saturated heterocycles. The van der Waals surface area contributed by atoms with Gasteiger partial charge in [-0.15, -0.1) is 0 Å². The maximum atomic E-state index is 10.7. The highest BCUT2D eigenvalue weighted by Gasteiger charge is 2.49. The molecule has 2 heterocycles. The van der Waals surface area contributed by atoms with Crippen molar-refractivity contribution in [1.82, 2.24) is 10.2 Å². The van der Waals surface area contributed by atoms with E-state index in [0.29, 0.717) is 13.0 Å². The standard InChI is InChI=1S/C7H10N2O4/c10-6(11)5-4-1-3(8-5)2-9(4)7(12)13/h3-5,8H,1-2H2,(H,10,11)(H,12,13)/t3-,4-,5+/m0/s1. The molecule has 3 atom stereocenters. The lowest BCUT2D eigenvalue weighted by atomic mass is 10.1. The van der Waals surface area contributed by atoms with Gasteiger partial charge in [0.1, 0.15) is 6.04 Å². The molecule has 2 rings (SSSR count). The zero-order valence-corrected chi connectivity index (χ0v) is 6.80. The van der Waals surface area contributed by atoms with Gasteiger partial charge in [0.05, 0.1) is 6.04 Å². The van der Waals surface area contributed by atoms with Crippen molar-refractivity contribution < 1.29 is 19.8 Å². The maximum absolute atomic E-state index is 10.7. The monoisotopic (exact) mass is 186 g/mol. The summed E-state index contributed by atoms with van der Waals surface area (Å²) in [7, 11) is 0. The number of nitrogens with one attached hydrogen (secondary N) is 1. The molecule has 1 amide bonds. The van der Waals surface area contributed by atoms with E-state index in [1.54, 1.807) is 0 Å². The Morgan fingerprint density at radius 2 is 2.08 bits per heavy atom. The van der Waals surface area contributed by atoms with Crippen LogP contribution in [0.15, 0.2) is 0 Å². The van der Waals surface area contributed by atoms with E-state index in [2.05, 4.69) is 5.32 Å². The predicted molar refractivity (Wildman–Crippen MR) is 41.5 cm³/mol. The molecule has 0 aliphatic carbocycles. The summed E-state index contributed by atoms with van der Waals surface area (Å²) in [5.41, 5.74) is 0. The van der Waals surface area contributed by atoms with Gasteiger partial charge < -0.3 is 15.1 Å². The highest BCUT2D eigenvalue weighted by Crippen LogP contribution is 2.27. The number of carboxylic acid groups (broad SMARTS) is 2. The minimum absolute atomic E-state index is 0.0159. The molecule has 6 nitrogen and oxygen atoms in total. The third-order valence-electron chi connectivity index (χ3n) is 2.66. The first-order chi connectivity index (χ1) is 6.09. The van der Waals surface area contributed by atoms with Crippen molar-refractivity contribution in [3.05, 3.63) is 0 Å². The van der Waals surface area contributed by atoms with Crippen molar-refractivity contribution in [2.45, 2.75) is 24.5 Å². The number of amides is 1. The highest BCUT2D eigenvalue weighted by molar-refractivity contribution is 5.77. The van der Waals surface area contributed by atoms with E-state index >= 15 is 0 Å². The van der Waals surface area contributed by atoms with Crippen LogP contribution in [0.3, 0.4) is 0 Å². The predicted octanol–water partition coefficient (Wildman–Crippen LogP) is -0.836. The van der Waals surface area contributed by atoms with Crippen molar-refractivity contribution >= 4 is 12.1 Å². The summed E-state index contributed by atoms with van der Waals surface area (Å²) in [4.78, 5) is 22.6. The molecular formula is C7H10N2O4. The van der Waals surface area contributed by atoms with Gasteiger partial charge >= 0.3 is 12.1 Å². The molecule has 72 valence electrons. The lowest BCUT2D eigenvalue weighted by Gasteiger charge is -2.29. The van der Waals surface area contributed by atoms with Crippen molar-refractivity contribution in [2.75, 3.05) is 6.54 Å². The number of hydrogen-bond donors (Lipinski definition) is 3. The summed E-state index contributed by atoms with van der Waals surface area (Å²) in [6, 6.07) is -1.10. The molecule has 0 aromatic carbocycles. The molecule has 0 saturated carbocycles. The number of piperazine rings is 1. The van der Waals surface area contributed by atoms with Crippen LogP contribution in [0.2, 0.25) is 0 Å². The summed E-state index contributed by atoms with van der Waals surface area (Å²) in [6.07, 6.45) is -0.413. The lowest BCUT2D eigenvalue weighted by Crippen LogP contribution is -2.55. The van der Waals surface area contributed by atoms with Crippen molar-refractivity contribution in [1.29, 1.82) is 0 Å². The summed E-state index contributed by atoms with van der Waals surface area (Å²) >= 11 is 0. The molecule has 2 aliphatic rings. The SMILES string of the molecule is O=C(O)[C@@H]1N[C@H]2C[C@@H]1N(C(=O)O)C2. The third-order valence-corrected chi connectivity index (χ3v) is 2.66. The van der Waals surface area contributed by atoms with E-state index < -0.39 is 18.1 Å². The molecule has 2 aliphatic heterocycles. The van der Waals surface area contributed by atoms with Gasteiger partial charge in [0, 0.05) is 12.6 Å². The number of carboxylic acids is 1. The average molecular weight is 186 g/mol.